The molecule has 202 valence electrons. The van der Waals surface area contributed by atoms with Crippen LogP contribution in [0.25, 0.3) is 11.2 Å². The maximum absolute atomic E-state index is 14.4. The van der Waals surface area contributed by atoms with Gasteiger partial charge in [-0.3, -0.25) is 28.8 Å². The average Bonchev–Trinajstić information content (AvgIpc) is 3.28. The van der Waals surface area contributed by atoms with Crippen LogP contribution in [0.4, 0.5) is 4.39 Å². The van der Waals surface area contributed by atoms with Crippen molar-refractivity contribution in [3.05, 3.63) is 86.6 Å². The molecule has 10 nitrogen and oxygen atoms in total. The Morgan fingerprint density at radius 1 is 1.00 bits per heavy atom. The third kappa shape index (κ3) is 5.89. The lowest BCUT2D eigenvalue weighted by molar-refractivity contribution is 0.197. The standard InChI is InChI=1S/C27H34FN7O3/c1-3-12-35-26(37)24-25(34(27(35)38)13-9-20-7-5-6-8-22(20)28)31-23(18-21-19-29-10-11-30-21)33(24)15-14-32(4-2)16-17-36/h5-8,10-11,19,36H,3-4,9,12-18H2,1-2H3. The molecule has 0 amide bonds. The minimum Gasteiger partial charge on any atom is -0.395 e. The van der Waals surface area contributed by atoms with Crippen molar-refractivity contribution in [2.75, 3.05) is 26.2 Å². The molecular weight excluding hydrogens is 489 g/mol. The Kier molecular flexibility index (Phi) is 9.14. The van der Waals surface area contributed by atoms with Crippen molar-refractivity contribution in [1.82, 2.24) is 33.6 Å². The van der Waals surface area contributed by atoms with Crippen molar-refractivity contribution in [2.45, 2.75) is 52.7 Å². The number of rotatable bonds is 13. The molecule has 0 fully saturated rings. The van der Waals surface area contributed by atoms with Crippen LogP contribution in [-0.2, 0) is 32.5 Å². The summed E-state index contributed by atoms with van der Waals surface area (Å²) in [7, 11) is 0. The lowest BCUT2D eigenvalue weighted by Gasteiger charge is -2.20. The number of halogens is 1. The van der Waals surface area contributed by atoms with E-state index < -0.39 is 11.2 Å². The quantitative estimate of drug-likeness (QED) is 0.285. The summed E-state index contributed by atoms with van der Waals surface area (Å²) in [5, 5.41) is 9.43. The van der Waals surface area contributed by atoms with Gasteiger partial charge in [0.1, 0.15) is 11.6 Å². The Labute approximate surface area is 220 Å². The highest BCUT2D eigenvalue weighted by Crippen LogP contribution is 2.16. The minimum atomic E-state index is -0.452. The van der Waals surface area contributed by atoms with Crippen LogP contribution in [-0.4, -0.2) is 64.9 Å². The number of aliphatic hydroxyl groups is 1. The summed E-state index contributed by atoms with van der Waals surface area (Å²) in [6.45, 7) is 6.66. The van der Waals surface area contributed by atoms with Gasteiger partial charge in [-0.25, -0.2) is 14.2 Å². The molecule has 0 unspecified atom stereocenters. The summed E-state index contributed by atoms with van der Waals surface area (Å²) >= 11 is 0. The van der Waals surface area contributed by atoms with Crippen molar-refractivity contribution < 1.29 is 9.50 Å². The molecule has 0 radical (unpaired) electrons. The summed E-state index contributed by atoms with van der Waals surface area (Å²) in [6.07, 6.45) is 6.04. The molecular formula is C27H34FN7O3. The second kappa shape index (κ2) is 12.7. The molecule has 0 aliphatic carbocycles. The second-order valence-electron chi connectivity index (χ2n) is 9.12. The lowest BCUT2D eigenvalue weighted by Crippen LogP contribution is -2.41. The highest BCUT2D eigenvalue weighted by Gasteiger charge is 2.22. The maximum atomic E-state index is 14.4. The Balaban J connectivity index is 1.87. The molecule has 0 saturated heterocycles. The summed E-state index contributed by atoms with van der Waals surface area (Å²) in [5.41, 5.74) is 0.950. The summed E-state index contributed by atoms with van der Waals surface area (Å²) in [6, 6.07) is 6.47. The number of hydrogen-bond acceptors (Lipinski definition) is 7. The molecule has 11 heteroatoms. The Morgan fingerprint density at radius 3 is 2.50 bits per heavy atom. The fourth-order valence-electron chi connectivity index (χ4n) is 4.66. The van der Waals surface area contributed by atoms with Crippen molar-refractivity contribution >= 4 is 11.2 Å². The van der Waals surface area contributed by atoms with Gasteiger partial charge in [0, 0.05) is 57.7 Å². The first kappa shape index (κ1) is 27.3. The number of imidazole rings is 1. The normalized spacial score (nSPS) is 11.6. The van der Waals surface area contributed by atoms with Crippen molar-refractivity contribution in [1.29, 1.82) is 0 Å². The third-order valence-electron chi connectivity index (χ3n) is 6.66. The molecule has 0 spiro atoms. The van der Waals surface area contributed by atoms with Gasteiger partial charge in [0.05, 0.1) is 12.3 Å². The molecule has 3 aromatic heterocycles. The van der Waals surface area contributed by atoms with Crippen LogP contribution in [0, 0.1) is 5.82 Å². The van der Waals surface area contributed by atoms with Gasteiger partial charge >= 0.3 is 5.69 Å². The van der Waals surface area contributed by atoms with E-state index in [1.807, 2.05) is 18.4 Å². The van der Waals surface area contributed by atoms with Crippen LogP contribution < -0.4 is 11.2 Å². The fourth-order valence-corrected chi connectivity index (χ4v) is 4.66. The smallest absolute Gasteiger partial charge is 0.332 e. The molecule has 4 rings (SSSR count). The molecule has 1 N–H and O–H groups in total. The number of likely N-dealkylation sites (N-methyl/N-ethyl adjacent to an activating group) is 1. The first-order chi connectivity index (χ1) is 18.5. The molecule has 4 aromatic rings. The molecule has 0 bridgehead atoms. The molecule has 38 heavy (non-hydrogen) atoms. The van der Waals surface area contributed by atoms with E-state index in [-0.39, 0.29) is 37.6 Å². The zero-order valence-corrected chi connectivity index (χ0v) is 21.9. The SMILES string of the molecule is CCCn1c(=O)c2c(nc(Cc3cnccn3)n2CCN(CC)CCO)n(CCc2ccccc2F)c1=O. The average molecular weight is 524 g/mol. The predicted molar refractivity (Wildman–Crippen MR) is 143 cm³/mol. The van der Waals surface area contributed by atoms with Crippen LogP contribution in [0.1, 0.15) is 37.4 Å². The van der Waals surface area contributed by atoms with Crippen LogP contribution in [0.3, 0.4) is 0 Å². The van der Waals surface area contributed by atoms with Gasteiger partial charge in [-0.05, 0) is 31.0 Å². The van der Waals surface area contributed by atoms with Crippen LogP contribution in [0.2, 0.25) is 0 Å². The van der Waals surface area contributed by atoms with Gasteiger partial charge in [0.15, 0.2) is 11.2 Å². The van der Waals surface area contributed by atoms with E-state index in [9.17, 15) is 19.1 Å². The Bertz CT molecular complexity index is 1480. The number of aliphatic hydroxyl groups excluding tert-OH is 1. The number of benzene rings is 1. The Hall–Kier alpha value is -3.70. The molecule has 0 saturated carbocycles. The van der Waals surface area contributed by atoms with Gasteiger partial charge in [0.2, 0.25) is 0 Å². The van der Waals surface area contributed by atoms with Crippen molar-refractivity contribution in [2.24, 2.45) is 0 Å². The summed E-state index contributed by atoms with van der Waals surface area (Å²) in [5.74, 6) is 0.252. The number of fused-ring (bicyclic) bond motifs is 1. The van der Waals surface area contributed by atoms with Gasteiger partial charge < -0.3 is 9.67 Å². The van der Waals surface area contributed by atoms with Gasteiger partial charge in [-0.1, -0.05) is 32.0 Å². The van der Waals surface area contributed by atoms with Gasteiger partial charge in [0.25, 0.3) is 5.56 Å². The highest BCUT2D eigenvalue weighted by atomic mass is 19.1. The van der Waals surface area contributed by atoms with Crippen molar-refractivity contribution in [3.63, 3.8) is 0 Å². The monoisotopic (exact) mass is 523 g/mol. The molecule has 1 aromatic carbocycles. The van der Waals surface area contributed by atoms with E-state index in [1.54, 1.807) is 36.8 Å². The second-order valence-corrected chi connectivity index (χ2v) is 9.12. The van der Waals surface area contributed by atoms with E-state index in [4.69, 9.17) is 4.98 Å². The molecule has 0 aliphatic heterocycles. The van der Waals surface area contributed by atoms with Crippen LogP contribution >= 0.6 is 0 Å². The Morgan fingerprint density at radius 2 is 1.82 bits per heavy atom. The van der Waals surface area contributed by atoms with Gasteiger partial charge in [-0.15, -0.1) is 0 Å². The third-order valence-corrected chi connectivity index (χ3v) is 6.66. The number of hydrogen-bond donors (Lipinski definition) is 1. The summed E-state index contributed by atoms with van der Waals surface area (Å²) in [4.78, 5) is 42.6. The number of aromatic nitrogens is 6. The maximum Gasteiger partial charge on any atom is 0.332 e. The zero-order chi connectivity index (χ0) is 27.1. The predicted octanol–water partition coefficient (Wildman–Crippen LogP) is 1.85. The van der Waals surface area contributed by atoms with E-state index >= 15 is 0 Å². The zero-order valence-electron chi connectivity index (χ0n) is 21.9. The number of nitrogens with zero attached hydrogens (tertiary/aromatic N) is 7. The van der Waals surface area contributed by atoms with Crippen molar-refractivity contribution in [3.8, 4) is 0 Å². The minimum absolute atomic E-state index is 0.0316. The van der Waals surface area contributed by atoms with E-state index in [0.717, 1.165) is 6.54 Å². The van der Waals surface area contributed by atoms with E-state index in [2.05, 4.69) is 14.9 Å². The van der Waals surface area contributed by atoms with Crippen LogP contribution in [0.5, 0.6) is 0 Å². The molecule has 3 heterocycles. The first-order valence-electron chi connectivity index (χ1n) is 13.0. The molecule has 0 atom stereocenters. The summed E-state index contributed by atoms with van der Waals surface area (Å²) < 4.78 is 19.0. The largest absolute Gasteiger partial charge is 0.395 e. The highest BCUT2D eigenvalue weighted by molar-refractivity contribution is 5.71. The topological polar surface area (TPSA) is 111 Å². The molecule has 0 aliphatic rings. The lowest BCUT2D eigenvalue weighted by atomic mass is 10.1. The van der Waals surface area contributed by atoms with Gasteiger partial charge in [-0.2, -0.15) is 0 Å². The van der Waals surface area contributed by atoms with E-state index in [1.165, 1.54) is 15.2 Å². The van der Waals surface area contributed by atoms with E-state index in [0.29, 0.717) is 55.1 Å². The number of aryl methyl sites for hydroxylation is 2. The first-order valence-corrected chi connectivity index (χ1v) is 13.0. The van der Waals surface area contributed by atoms with Crippen LogP contribution in [0.15, 0.2) is 52.4 Å². The fraction of sp³-hybridized carbons (Fsp3) is 0.444.